The third-order valence-corrected chi connectivity index (χ3v) is 4.38. The van der Waals surface area contributed by atoms with E-state index in [9.17, 15) is 9.59 Å². The van der Waals surface area contributed by atoms with Gasteiger partial charge in [-0.3, -0.25) is 14.3 Å². The van der Waals surface area contributed by atoms with Gasteiger partial charge in [-0.1, -0.05) is 15.9 Å². The van der Waals surface area contributed by atoms with E-state index in [2.05, 4.69) is 26.1 Å². The van der Waals surface area contributed by atoms with E-state index in [1.54, 1.807) is 10.6 Å². The SMILES string of the molecule is CC(=O)N[C@@H]1CCCN(Cn2c(=O)oc3cc(Br)ccc32)C1. The molecule has 1 aliphatic heterocycles. The molecule has 1 atom stereocenters. The first-order chi connectivity index (χ1) is 10.5. The van der Waals surface area contributed by atoms with Crippen LogP contribution in [-0.2, 0) is 11.5 Å². The minimum absolute atomic E-state index is 0.0115. The number of aromatic nitrogens is 1. The minimum atomic E-state index is -0.352. The Bertz CT molecular complexity index is 752. The van der Waals surface area contributed by atoms with Crippen LogP contribution in [0.25, 0.3) is 11.1 Å². The molecule has 7 heteroatoms. The number of hydrogen-bond donors (Lipinski definition) is 1. The number of fused-ring (bicyclic) bond motifs is 1. The molecule has 1 fully saturated rings. The molecular weight excluding hydrogens is 350 g/mol. The van der Waals surface area contributed by atoms with Crippen molar-refractivity contribution >= 4 is 32.9 Å². The number of likely N-dealkylation sites (tertiary alicyclic amines) is 1. The zero-order valence-electron chi connectivity index (χ0n) is 12.3. The number of nitrogens with one attached hydrogen (secondary N) is 1. The molecule has 1 aromatic heterocycles. The molecule has 1 N–H and O–H groups in total. The first kappa shape index (κ1) is 15.3. The molecule has 0 radical (unpaired) electrons. The predicted octanol–water partition coefficient (Wildman–Crippen LogP) is 1.91. The van der Waals surface area contributed by atoms with Gasteiger partial charge in [-0.2, -0.15) is 0 Å². The van der Waals surface area contributed by atoms with Gasteiger partial charge in [0.15, 0.2) is 5.58 Å². The molecule has 2 heterocycles. The van der Waals surface area contributed by atoms with Crippen LogP contribution in [0.5, 0.6) is 0 Å². The number of hydrogen-bond acceptors (Lipinski definition) is 4. The van der Waals surface area contributed by atoms with Crippen molar-refractivity contribution < 1.29 is 9.21 Å². The van der Waals surface area contributed by atoms with Crippen LogP contribution in [0.2, 0.25) is 0 Å². The smallest absolute Gasteiger partial charge is 0.408 e. The lowest BCUT2D eigenvalue weighted by molar-refractivity contribution is -0.120. The van der Waals surface area contributed by atoms with Crippen molar-refractivity contribution in [3.63, 3.8) is 0 Å². The van der Waals surface area contributed by atoms with Crippen molar-refractivity contribution in [1.29, 1.82) is 0 Å². The van der Waals surface area contributed by atoms with Crippen molar-refractivity contribution in [3.8, 4) is 0 Å². The number of benzene rings is 1. The Morgan fingerprint density at radius 1 is 1.50 bits per heavy atom. The normalized spacial score (nSPS) is 19.5. The molecule has 3 rings (SSSR count). The molecule has 6 nitrogen and oxygen atoms in total. The Morgan fingerprint density at radius 2 is 2.32 bits per heavy atom. The molecule has 2 aromatic rings. The van der Waals surface area contributed by atoms with Crippen LogP contribution in [0.15, 0.2) is 31.9 Å². The zero-order chi connectivity index (χ0) is 15.7. The first-order valence-corrected chi connectivity index (χ1v) is 8.10. The molecule has 22 heavy (non-hydrogen) atoms. The van der Waals surface area contributed by atoms with Gasteiger partial charge in [-0.05, 0) is 37.6 Å². The molecule has 0 spiro atoms. The second-order valence-electron chi connectivity index (χ2n) is 5.67. The quantitative estimate of drug-likeness (QED) is 0.899. The highest BCUT2D eigenvalue weighted by atomic mass is 79.9. The number of carbonyl (C=O) groups is 1. The van der Waals surface area contributed by atoms with E-state index in [-0.39, 0.29) is 17.7 Å². The second kappa shape index (κ2) is 6.26. The molecule has 0 aliphatic carbocycles. The minimum Gasteiger partial charge on any atom is -0.408 e. The number of carbonyl (C=O) groups excluding carboxylic acids is 1. The number of amides is 1. The molecule has 0 saturated carbocycles. The van der Waals surface area contributed by atoms with E-state index in [4.69, 9.17) is 4.42 Å². The fourth-order valence-corrected chi connectivity index (χ4v) is 3.30. The van der Waals surface area contributed by atoms with Gasteiger partial charge in [0, 0.05) is 24.0 Å². The average Bonchev–Trinajstić information content (AvgIpc) is 2.74. The van der Waals surface area contributed by atoms with Crippen molar-refractivity contribution in [2.45, 2.75) is 32.5 Å². The monoisotopic (exact) mass is 367 g/mol. The summed E-state index contributed by atoms with van der Waals surface area (Å²) < 4.78 is 7.81. The highest BCUT2D eigenvalue weighted by Gasteiger charge is 2.22. The molecule has 1 amide bonds. The van der Waals surface area contributed by atoms with Crippen LogP contribution >= 0.6 is 15.9 Å². The van der Waals surface area contributed by atoms with Gasteiger partial charge in [0.1, 0.15) is 0 Å². The Balaban J connectivity index is 1.79. The summed E-state index contributed by atoms with van der Waals surface area (Å²) in [5, 5.41) is 2.95. The summed E-state index contributed by atoms with van der Waals surface area (Å²) in [5.41, 5.74) is 1.37. The summed E-state index contributed by atoms with van der Waals surface area (Å²) in [4.78, 5) is 25.4. The first-order valence-electron chi connectivity index (χ1n) is 7.31. The lowest BCUT2D eigenvalue weighted by Gasteiger charge is -2.32. The lowest BCUT2D eigenvalue weighted by Crippen LogP contribution is -2.48. The molecule has 1 aromatic carbocycles. The van der Waals surface area contributed by atoms with Crippen LogP contribution in [0.4, 0.5) is 0 Å². The maximum atomic E-state index is 12.1. The predicted molar refractivity (Wildman–Crippen MR) is 86.6 cm³/mol. The third kappa shape index (κ3) is 3.25. The van der Waals surface area contributed by atoms with E-state index in [1.807, 2.05) is 12.1 Å². The molecule has 0 bridgehead atoms. The van der Waals surface area contributed by atoms with Crippen molar-refractivity contribution in [1.82, 2.24) is 14.8 Å². The number of nitrogens with zero attached hydrogens (tertiary/aromatic N) is 2. The van der Waals surface area contributed by atoms with Crippen molar-refractivity contribution in [3.05, 3.63) is 33.2 Å². The van der Waals surface area contributed by atoms with Crippen molar-refractivity contribution in [2.24, 2.45) is 0 Å². The maximum absolute atomic E-state index is 12.1. The largest absolute Gasteiger partial charge is 0.421 e. The lowest BCUT2D eigenvalue weighted by atomic mass is 10.1. The van der Waals surface area contributed by atoms with Crippen LogP contribution in [-0.4, -0.2) is 34.5 Å². The maximum Gasteiger partial charge on any atom is 0.421 e. The fourth-order valence-electron chi connectivity index (χ4n) is 2.96. The van der Waals surface area contributed by atoms with Gasteiger partial charge in [0.2, 0.25) is 5.91 Å². The van der Waals surface area contributed by atoms with Gasteiger partial charge >= 0.3 is 5.76 Å². The Morgan fingerprint density at radius 3 is 3.09 bits per heavy atom. The Kier molecular flexibility index (Phi) is 4.35. The molecule has 118 valence electrons. The number of rotatable bonds is 3. The highest BCUT2D eigenvalue weighted by Crippen LogP contribution is 2.20. The van der Waals surface area contributed by atoms with Gasteiger partial charge in [0.05, 0.1) is 12.2 Å². The third-order valence-electron chi connectivity index (χ3n) is 3.88. The van der Waals surface area contributed by atoms with Crippen LogP contribution < -0.4 is 11.1 Å². The summed E-state index contributed by atoms with van der Waals surface area (Å²) in [6, 6.07) is 5.71. The second-order valence-corrected chi connectivity index (χ2v) is 6.58. The van der Waals surface area contributed by atoms with E-state index >= 15 is 0 Å². The van der Waals surface area contributed by atoms with Gasteiger partial charge in [-0.15, -0.1) is 0 Å². The summed E-state index contributed by atoms with van der Waals surface area (Å²) in [5.74, 6) is -0.364. The van der Waals surface area contributed by atoms with Crippen molar-refractivity contribution in [2.75, 3.05) is 13.1 Å². The summed E-state index contributed by atoms with van der Waals surface area (Å²) in [6.45, 7) is 3.66. The summed E-state index contributed by atoms with van der Waals surface area (Å²) in [6.07, 6.45) is 1.98. The van der Waals surface area contributed by atoms with Gasteiger partial charge in [-0.25, -0.2) is 4.79 Å². The van der Waals surface area contributed by atoms with E-state index in [1.165, 1.54) is 6.92 Å². The molecule has 1 saturated heterocycles. The summed E-state index contributed by atoms with van der Waals surface area (Å²) in [7, 11) is 0. The fraction of sp³-hybridized carbons (Fsp3) is 0.467. The highest BCUT2D eigenvalue weighted by molar-refractivity contribution is 9.10. The Labute approximate surface area is 136 Å². The number of oxazole rings is 1. The molecule has 0 unspecified atom stereocenters. The number of piperidine rings is 1. The van der Waals surface area contributed by atoms with Gasteiger partial charge in [0.25, 0.3) is 0 Å². The summed E-state index contributed by atoms with van der Waals surface area (Å²) >= 11 is 3.37. The van der Waals surface area contributed by atoms with Crippen LogP contribution in [0.3, 0.4) is 0 Å². The van der Waals surface area contributed by atoms with E-state index < -0.39 is 0 Å². The van der Waals surface area contributed by atoms with E-state index in [0.29, 0.717) is 12.3 Å². The topological polar surface area (TPSA) is 67.5 Å². The Hall–Kier alpha value is -1.60. The average molecular weight is 368 g/mol. The number of halogens is 1. The molecular formula is C15H18BrN3O3. The standard InChI is InChI=1S/C15H18BrN3O3/c1-10(20)17-12-3-2-6-18(8-12)9-19-13-5-4-11(16)7-14(13)22-15(19)21/h4-5,7,12H,2-3,6,8-9H2,1H3,(H,17,20)/t12-/m1/s1. The van der Waals surface area contributed by atoms with E-state index in [0.717, 1.165) is 35.9 Å². The zero-order valence-corrected chi connectivity index (χ0v) is 13.9. The van der Waals surface area contributed by atoms with Crippen LogP contribution in [0, 0.1) is 0 Å². The van der Waals surface area contributed by atoms with Crippen LogP contribution in [0.1, 0.15) is 19.8 Å². The molecule has 1 aliphatic rings. The van der Waals surface area contributed by atoms with Gasteiger partial charge < -0.3 is 9.73 Å².